The molecule has 1 aliphatic carbocycles. The van der Waals surface area contributed by atoms with Crippen LogP contribution in [-0.4, -0.2) is 31.4 Å². The van der Waals surface area contributed by atoms with Crippen LogP contribution >= 0.6 is 11.8 Å². The van der Waals surface area contributed by atoms with Crippen LogP contribution in [0, 0.1) is 10.8 Å². The molecule has 114 valence electrons. The van der Waals surface area contributed by atoms with E-state index in [2.05, 4.69) is 0 Å². The lowest BCUT2D eigenvalue weighted by molar-refractivity contribution is -0.163. The fraction of sp³-hybridized carbons (Fsp3) is 0.500. The Labute approximate surface area is 129 Å². The van der Waals surface area contributed by atoms with Gasteiger partial charge in [0.1, 0.15) is 0 Å². The molecule has 0 amide bonds. The summed E-state index contributed by atoms with van der Waals surface area (Å²) in [5.41, 5.74) is -0.517. The zero-order valence-corrected chi connectivity index (χ0v) is 13.5. The second-order valence-electron chi connectivity index (χ2n) is 5.69. The van der Waals surface area contributed by atoms with Gasteiger partial charge in [-0.25, -0.2) is 0 Å². The Morgan fingerprint density at radius 3 is 2.10 bits per heavy atom. The summed E-state index contributed by atoms with van der Waals surface area (Å²) in [5.74, 6) is -0.278. The smallest absolute Gasteiger partial charge is 0.325 e. The largest absolute Gasteiger partial charge is 0.468 e. The van der Waals surface area contributed by atoms with Crippen LogP contribution in [0.3, 0.4) is 0 Å². The molecule has 0 heterocycles. The second-order valence-corrected chi connectivity index (χ2v) is 6.78. The average molecular weight is 308 g/mol. The summed E-state index contributed by atoms with van der Waals surface area (Å²) < 4.78 is 9.73. The number of carbonyl (C=O) groups excluding carboxylic acids is 2. The first-order valence-electron chi connectivity index (χ1n) is 6.75. The molecule has 0 aromatic heterocycles. The third-order valence-corrected chi connectivity index (χ3v) is 6.03. The van der Waals surface area contributed by atoms with Crippen LogP contribution in [0.25, 0.3) is 0 Å². The quantitative estimate of drug-likeness (QED) is 0.618. The van der Waals surface area contributed by atoms with Crippen molar-refractivity contribution in [3.05, 3.63) is 35.9 Å². The molecule has 0 radical (unpaired) electrons. The van der Waals surface area contributed by atoms with Crippen LogP contribution in [0.15, 0.2) is 30.3 Å². The van der Waals surface area contributed by atoms with E-state index in [0.29, 0.717) is 0 Å². The fourth-order valence-corrected chi connectivity index (χ4v) is 4.78. The Morgan fingerprint density at radius 1 is 1.10 bits per heavy atom. The topological polar surface area (TPSA) is 52.6 Å². The number of hydrogen-bond acceptors (Lipinski definition) is 5. The van der Waals surface area contributed by atoms with E-state index in [-0.39, 0.29) is 5.25 Å². The zero-order chi connectivity index (χ0) is 15.7. The average Bonchev–Trinajstić information content (AvgIpc) is 3.01. The lowest BCUT2D eigenvalue weighted by Gasteiger charge is -2.14. The second kappa shape index (κ2) is 5.72. The fourth-order valence-electron chi connectivity index (χ4n) is 2.95. The van der Waals surface area contributed by atoms with E-state index in [0.717, 1.165) is 11.3 Å². The number of methoxy groups -OCH3 is 2. The minimum absolute atomic E-state index is 0.148. The van der Waals surface area contributed by atoms with Crippen LogP contribution in [0.4, 0.5) is 0 Å². The van der Waals surface area contributed by atoms with Crippen molar-refractivity contribution >= 4 is 23.7 Å². The van der Waals surface area contributed by atoms with Crippen LogP contribution < -0.4 is 0 Å². The predicted molar refractivity (Wildman–Crippen MR) is 81.8 cm³/mol. The molecule has 1 unspecified atom stereocenters. The van der Waals surface area contributed by atoms with Gasteiger partial charge in [-0.1, -0.05) is 44.2 Å². The van der Waals surface area contributed by atoms with Crippen molar-refractivity contribution in [3.63, 3.8) is 0 Å². The molecule has 0 N–H and O–H groups in total. The Balaban J connectivity index is 2.19. The first-order valence-corrected chi connectivity index (χ1v) is 7.80. The van der Waals surface area contributed by atoms with E-state index in [1.54, 1.807) is 11.8 Å². The van der Waals surface area contributed by atoms with E-state index in [1.165, 1.54) is 14.2 Å². The SMILES string of the molecule is COC(=O)C1(C(=O)OC)C(SCc2ccccc2)C1(C)C. The van der Waals surface area contributed by atoms with Gasteiger partial charge in [0, 0.05) is 16.4 Å². The van der Waals surface area contributed by atoms with Gasteiger partial charge in [-0.05, 0) is 5.56 Å². The summed E-state index contributed by atoms with van der Waals surface area (Å²) in [7, 11) is 2.61. The minimum atomic E-state index is -1.20. The summed E-state index contributed by atoms with van der Waals surface area (Å²) in [5, 5.41) is -0.148. The van der Waals surface area contributed by atoms with Crippen LogP contribution in [0.2, 0.25) is 0 Å². The molecule has 1 aliphatic rings. The number of benzene rings is 1. The molecular formula is C16H20O4S. The number of ether oxygens (including phenoxy) is 2. The molecule has 21 heavy (non-hydrogen) atoms. The molecule has 0 spiro atoms. The van der Waals surface area contributed by atoms with Gasteiger partial charge in [-0.2, -0.15) is 11.8 Å². The molecule has 1 saturated carbocycles. The standard InChI is InChI=1S/C16H20O4S/c1-15(2)12(21-10-11-8-6-5-7-9-11)16(15,13(17)19-3)14(18)20-4/h5-9,12H,10H2,1-4H3. The molecule has 0 bridgehead atoms. The van der Waals surface area contributed by atoms with Crippen molar-refractivity contribution < 1.29 is 19.1 Å². The third kappa shape index (κ3) is 2.33. The molecule has 1 aromatic rings. The summed E-state index contributed by atoms with van der Waals surface area (Å²) in [4.78, 5) is 24.4. The highest BCUT2D eigenvalue weighted by Gasteiger charge is 2.82. The normalized spacial score (nSPS) is 21.4. The van der Waals surface area contributed by atoms with Gasteiger partial charge in [0.15, 0.2) is 5.41 Å². The Kier molecular flexibility index (Phi) is 4.33. The summed E-state index contributed by atoms with van der Waals surface area (Å²) in [6.07, 6.45) is 0. The monoisotopic (exact) mass is 308 g/mol. The maximum absolute atomic E-state index is 12.2. The number of thioether (sulfide) groups is 1. The van der Waals surface area contributed by atoms with Crippen molar-refractivity contribution in [1.82, 2.24) is 0 Å². The number of rotatable bonds is 5. The molecule has 0 saturated heterocycles. The molecule has 1 fully saturated rings. The molecule has 1 aromatic carbocycles. The van der Waals surface area contributed by atoms with Gasteiger partial charge in [-0.15, -0.1) is 0 Å². The number of carbonyl (C=O) groups is 2. The first-order chi connectivity index (χ1) is 9.92. The maximum Gasteiger partial charge on any atom is 0.325 e. The minimum Gasteiger partial charge on any atom is -0.468 e. The zero-order valence-electron chi connectivity index (χ0n) is 12.7. The highest BCUT2D eigenvalue weighted by Crippen LogP contribution is 2.70. The van der Waals surface area contributed by atoms with Crippen molar-refractivity contribution in [2.24, 2.45) is 10.8 Å². The van der Waals surface area contributed by atoms with Gasteiger partial charge < -0.3 is 9.47 Å². The maximum atomic E-state index is 12.2. The van der Waals surface area contributed by atoms with Gasteiger partial charge in [-0.3, -0.25) is 9.59 Å². The van der Waals surface area contributed by atoms with Crippen molar-refractivity contribution in [1.29, 1.82) is 0 Å². The number of hydrogen-bond donors (Lipinski definition) is 0. The van der Waals surface area contributed by atoms with Gasteiger partial charge in [0.2, 0.25) is 0 Å². The highest BCUT2D eigenvalue weighted by molar-refractivity contribution is 7.99. The molecular weight excluding hydrogens is 288 g/mol. The van der Waals surface area contributed by atoms with Crippen molar-refractivity contribution in [2.75, 3.05) is 14.2 Å². The van der Waals surface area contributed by atoms with Gasteiger partial charge >= 0.3 is 11.9 Å². The van der Waals surface area contributed by atoms with E-state index in [1.807, 2.05) is 44.2 Å². The summed E-state index contributed by atoms with van der Waals surface area (Å²) >= 11 is 1.60. The number of esters is 2. The third-order valence-electron chi connectivity index (χ3n) is 4.26. The van der Waals surface area contributed by atoms with Crippen LogP contribution in [0.1, 0.15) is 19.4 Å². The Hall–Kier alpha value is -1.49. The first kappa shape index (κ1) is 15.9. The van der Waals surface area contributed by atoms with Crippen LogP contribution in [0.5, 0.6) is 0 Å². The lowest BCUT2D eigenvalue weighted by atomic mass is 9.96. The van der Waals surface area contributed by atoms with Gasteiger partial charge in [0.05, 0.1) is 14.2 Å². The van der Waals surface area contributed by atoms with E-state index in [4.69, 9.17) is 9.47 Å². The highest BCUT2D eigenvalue weighted by atomic mass is 32.2. The molecule has 0 aliphatic heterocycles. The lowest BCUT2D eigenvalue weighted by Crippen LogP contribution is -2.34. The molecule has 2 rings (SSSR count). The summed E-state index contributed by atoms with van der Waals surface area (Å²) in [6, 6.07) is 9.96. The molecule has 1 atom stereocenters. The van der Waals surface area contributed by atoms with E-state index >= 15 is 0 Å². The van der Waals surface area contributed by atoms with Crippen molar-refractivity contribution in [2.45, 2.75) is 24.9 Å². The molecule has 4 nitrogen and oxygen atoms in total. The van der Waals surface area contributed by atoms with E-state index < -0.39 is 22.8 Å². The summed E-state index contributed by atoms with van der Waals surface area (Å²) in [6.45, 7) is 3.81. The Morgan fingerprint density at radius 2 is 1.62 bits per heavy atom. The van der Waals surface area contributed by atoms with Crippen molar-refractivity contribution in [3.8, 4) is 0 Å². The van der Waals surface area contributed by atoms with E-state index in [9.17, 15) is 9.59 Å². The molecule has 5 heteroatoms. The van der Waals surface area contributed by atoms with Gasteiger partial charge in [0.25, 0.3) is 0 Å². The van der Waals surface area contributed by atoms with Crippen LogP contribution in [-0.2, 0) is 24.8 Å². The Bertz CT molecular complexity index is 522. The predicted octanol–water partition coefficient (Wildman–Crippen LogP) is 2.66.